The Morgan fingerprint density at radius 1 is 1.13 bits per heavy atom. The number of guanidine groups is 1. The first-order chi connectivity index (χ1) is 14.9. The maximum atomic E-state index is 12.8. The van der Waals surface area contributed by atoms with E-state index in [2.05, 4.69) is 45.9 Å². The van der Waals surface area contributed by atoms with E-state index < -0.39 is 0 Å². The molecule has 0 aliphatic carbocycles. The summed E-state index contributed by atoms with van der Waals surface area (Å²) in [7, 11) is 0. The molecule has 0 spiro atoms. The van der Waals surface area contributed by atoms with E-state index in [1.165, 1.54) is 6.42 Å². The van der Waals surface area contributed by atoms with Crippen LogP contribution in [0.3, 0.4) is 0 Å². The van der Waals surface area contributed by atoms with Gasteiger partial charge in [0.25, 0.3) is 0 Å². The van der Waals surface area contributed by atoms with Gasteiger partial charge in [-0.15, -0.1) is 0 Å². The van der Waals surface area contributed by atoms with Crippen LogP contribution in [0.25, 0.3) is 0 Å². The predicted octanol–water partition coefficient (Wildman–Crippen LogP) is 1.92. The van der Waals surface area contributed by atoms with Gasteiger partial charge in [-0.2, -0.15) is 0 Å². The molecular formula is C23H40N6O2. The standard InChI is InChI=1S/C23H40N6O2/c1-6-24-23(25-8-7-21-19(4)26-31-20(21)5)28-11-9-27(10-12-28)16-22(30)29-14-17(2)13-18(3)15-29/h17-18H,6-16H2,1-5H3,(H,24,25). The Hall–Kier alpha value is -2.09. The lowest BCUT2D eigenvalue weighted by atomic mass is 9.92. The first-order valence-electron chi connectivity index (χ1n) is 11.8. The maximum Gasteiger partial charge on any atom is 0.236 e. The highest BCUT2D eigenvalue weighted by Gasteiger charge is 2.28. The van der Waals surface area contributed by atoms with Crippen molar-refractivity contribution < 1.29 is 9.32 Å². The van der Waals surface area contributed by atoms with Crippen molar-refractivity contribution in [1.29, 1.82) is 0 Å². The van der Waals surface area contributed by atoms with Crippen molar-refractivity contribution in [1.82, 2.24) is 25.2 Å². The van der Waals surface area contributed by atoms with E-state index in [1.54, 1.807) is 0 Å². The van der Waals surface area contributed by atoms with Gasteiger partial charge in [-0.05, 0) is 45.4 Å². The highest BCUT2D eigenvalue weighted by Crippen LogP contribution is 2.21. The van der Waals surface area contributed by atoms with Crippen LogP contribution in [-0.2, 0) is 11.2 Å². The molecule has 2 unspecified atom stereocenters. The first kappa shape index (κ1) is 23.6. The first-order valence-corrected chi connectivity index (χ1v) is 11.8. The van der Waals surface area contributed by atoms with Crippen LogP contribution in [0.2, 0.25) is 0 Å². The van der Waals surface area contributed by atoms with Gasteiger partial charge >= 0.3 is 0 Å². The molecule has 1 amide bonds. The number of rotatable bonds is 6. The molecule has 2 saturated heterocycles. The zero-order chi connectivity index (χ0) is 22.4. The number of aryl methyl sites for hydroxylation is 2. The summed E-state index contributed by atoms with van der Waals surface area (Å²) in [6, 6.07) is 0. The number of carbonyl (C=O) groups excluding carboxylic acids is 1. The van der Waals surface area contributed by atoms with Crippen LogP contribution in [0.4, 0.5) is 0 Å². The second-order valence-electron chi connectivity index (χ2n) is 9.30. The fourth-order valence-corrected chi connectivity index (χ4v) is 4.83. The normalized spacial score (nSPS) is 23.3. The molecule has 1 aromatic heterocycles. The van der Waals surface area contributed by atoms with Crippen molar-refractivity contribution >= 4 is 11.9 Å². The summed E-state index contributed by atoms with van der Waals surface area (Å²) in [4.78, 5) is 24.3. The highest BCUT2D eigenvalue weighted by atomic mass is 16.5. The Labute approximate surface area is 187 Å². The molecule has 0 aromatic carbocycles. The topological polar surface area (TPSA) is 77.2 Å². The Bertz CT molecular complexity index is 724. The van der Waals surface area contributed by atoms with E-state index in [4.69, 9.17) is 9.52 Å². The molecule has 2 fully saturated rings. The minimum Gasteiger partial charge on any atom is -0.361 e. The van der Waals surface area contributed by atoms with E-state index >= 15 is 0 Å². The second kappa shape index (κ2) is 11.0. The quantitative estimate of drug-likeness (QED) is 0.547. The van der Waals surface area contributed by atoms with Crippen LogP contribution in [0.1, 0.15) is 44.2 Å². The summed E-state index contributed by atoms with van der Waals surface area (Å²) < 4.78 is 5.25. The Kier molecular flexibility index (Phi) is 8.35. The SMILES string of the molecule is CCNC(=NCCc1c(C)noc1C)N1CCN(CC(=O)N2CC(C)CC(C)C2)CC1. The van der Waals surface area contributed by atoms with E-state index in [1.807, 2.05) is 13.8 Å². The van der Waals surface area contributed by atoms with E-state index in [0.29, 0.717) is 24.9 Å². The summed E-state index contributed by atoms with van der Waals surface area (Å²) in [5.41, 5.74) is 2.11. The van der Waals surface area contributed by atoms with Gasteiger partial charge in [-0.3, -0.25) is 14.7 Å². The molecule has 2 aliphatic rings. The van der Waals surface area contributed by atoms with Crippen molar-refractivity contribution in [2.75, 3.05) is 58.9 Å². The lowest BCUT2D eigenvalue weighted by molar-refractivity contribution is -0.135. The molecule has 2 atom stereocenters. The predicted molar refractivity (Wildman–Crippen MR) is 123 cm³/mol. The lowest BCUT2D eigenvalue weighted by Gasteiger charge is -2.39. The number of piperazine rings is 1. The van der Waals surface area contributed by atoms with Gasteiger partial charge in [-0.25, -0.2) is 0 Å². The molecule has 3 rings (SSSR count). The molecular weight excluding hydrogens is 392 g/mol. The number of aliphatic imine (C=N–C) groups is 1. The molecule has 1 N–H and O–H groups in total. The average Bonchev–Trinajstić information content (AvgIpc) is 3.05. The Morgan fingerprint density at radius 2 is 1.81 bits per heavy atom. The number of amides is 1. The average molecular weight is 433 g/mol. The van der Waals surface area contributed by atoms with Crippen molar-refractivity contribution in [3.05, 3.63) is 17.0 Å². The van der Waals surface area contributed by atoms with E-state index in [0.717, 1.165) is 75.2 Å². The number of carbonyl (C=O) groups is 1. The van der Waals surface area contributed by atoms with Crippen LogP contribution in [-0.4, -0.2) is 90.6 Å². The molecule has 8 heteroatoms. The van der Waals surface area contributed by atoms with Gasteiger partial charge in [0.2, 0.25) is 5.91 Å². The van der Waals surface area contributed by atoms with Gasteiger partial charge in [0.15, 0.2) is 5.96 Å². The molecule has 1 aromatic rings. The molecule has 0 radical (unpaired) electrons. The number of hydrogen-bond acceptors (Lipinski definition) is 5. The van der Waals surface area contributed by atoms with Gasteiger partial charge < -0.3 is 19.6 Å². The minimum atomic E-state index is 0.284. The van der Waals surface area contributed by atoms with E-state index in [-0.39, 0.29) is 5.91 Å². The number of piperidine rings is 1. The van der Waals surface area contributed by atoms with Crippen LogP contribution in [0.5, 0.6) is 0 Å². The Balaban J connectivity index is 1.48. The third kappa shape index (κ3) is 6.45. The second-order valence-corrected chi connectivity index (χ2v) is 9.30. The summed E-state index contributed by atoms with van der Waals surface area (Å²) in [6.45, 7) is 18.0. The molecule has 3 heterocycles. The fraction of sp³-hybridized carbons (Fsp3) is 0.783. The van der Waals surface area contributed by atoms with Crippen molar-refractivity contribution in [2.24, 2.45) is 16.8 Å². The zero-order valence-corrected chi connectivity index (χ0v) is 20.0. The van der Waals surface area contributed by atoms with Crippen LogP contribution < -0.4 is 5.32 Å². The molecule has 0 saturated carbocycles. The molecule has 31 heavy (non-hydrogen) atoms. The third-order valence-electron chi connectivity index (χ3n) is 6.39. The Morgan fingerprint density at radius 3 is 2.39 bits per heavy atom. The summed E-state index contributed by atoms with van der Waals surface area (Å²) in [6.07, 6.45) is 2.06. The largest absolute Gasteiger partial charge is 0.361 e. The summed E-state index contributed by atoms with van der Waals surface area (Å²) in [5.74, 6) is 3.34. The fourth-order valence-electron chi connectivity index (χ4n) is 4.83. The number of nitrogens with zero attached hydrogens (tertiary/aromatic N) is 5. The number of likely N-dealkylation sites (tertiary alicyclic amines) is 1. The monoisotopic (exact) mass is 432 g/mol. The van der Waals surface area contributed by atoms with Crippen LogP contribution >= 0.6 is 0 Å². The number of hydrogen-bond donors (Lipinski definition) is 1. The lowest BCUT2D eigenvalue weighted by Crippen LogP contribution is -2.55. The minimum absolute atomic E-state index is 0.284. The molecule has 2 aliphatic heterocycles. The smallest absolute Gasteiger partial charge is 0.236 e. The third-order valence-corrected chi connectivity index (χ3v) is 6.39. The van der Waals surface area contributed by atoms with Gasteiger partial charge in [0.05, 0.1) is 12.2 Å². The summed E-state index contributed by atoms with van der Waals surface area (Å²) >= 11 is 0. The number of aromatic nitrogens is 1. The van der Waals surface area contributed by atoms with Gasteiger partial charge in [0, 0.05) is 57.9 Å². The van der Waals surface area contributed by atoms with Crippen LogP contribution in [0, 0.1) is 25.7 Å². The van der Waals surface area contributed by atoms with Crippen molar-refractivity contribution in [3.8, 4) is 0 Å². The van der Waals surface area contributed by atoms with Crippen LogP contribution in [0.15, 0.2) is 9.52 Å². The molecule has 174 valence electrons. The van der Waals surface area contributed by atoms with E-state index in [9.17, 15) is 4.79 Å². The molecule has 0 bridgehead atoms. The van der Waals surface area contributed by atoms with Crippen molar-refractivity contribution in [2.45, 2.75) is 47.5 Å². The molecule has 8 nitrogen and oxygen atoms in total. The van der Waals surface area contributed by atoms with Gasteiger partial charge in [0.1, 0.15) is 5.76 Å². The maximum absolute atomic E-state index is 12.8. The zero-order valence-electron chi connectivity index (χ0n) is 20.0. The summed E-state index contributed by atoms with van der Waals surface area (Å²) in [5, 5.41) is 7.45. The van der Waals surface area contributed by atoms with Gasteiger partial charge in [-0.1, -0.05) is 19.0 Å². The van der Waals surface area contributed by atoms with Crippen molar-refractivity contribution in [3.63, 3.8) is 0 Å². The number of nitrogens with one attached hydrogen (secondary N) is 1. The highest BCUT2D eigenvalue weighted by molar-refractivity contribution is 5.80.